The number of ether oxygens (including phenoxy) is 1. The van der Waals surface area contributed by atoms with Crippen LogP contribution in [0.1, 0.15) is 5.56 Å². The molecular weight excluding hydrogens is 382 g/mol. The van der Waals surface area contributed by atoms with Gasteiger partial charge in [0.15, 0.2) is 24.0 Å². The molecule has 8 heteroatoms. The number of carbonyl (C=O) groups is 1. The van der Waals surface area contributed by atoms with Crippen molar-refractivity contribution in [3.63, 3.8) is 0 Å². The molecule has 0 fully saturated rings. The van der Waals surface area contributed by atoms with Gasteiger partial charge in [0, 0.05) is 16.2 Å². The molecule has 1 amide bonds. The largest absolute Gasteiger partial charge is 0.477 e. The number of aryl methyl sites for hydroxylation is 1. The molecule has 122 valence electrons. The summed E-state index contributed by atoms with van der Waals surface area (Å²) in [6.07, 6.45) is 0. The first-order valence-corrected chi connectivity index (χ1v) is 7.10. The average Bonchev–Trinajstić information content (AvgIpc) is 2.48. The lowest BCUT2D eigenvalue weighted by Gasteiger charge is -2.11. The van der Waals surface area contributed by atoms with Crippen LogP contribution in [0.15, 0.2) is 28.7 Å². The van der Waals surface area contributed by atoms with Gasteiger partial charge in [-0.05, 0) is 30.7 Å². The molecule has 0 spiro atoms. The van der Waals surface area contributed by atoms with Crippen LogP contribution in [0.4, 0.5) is 23.2 Å². The quantitative estimate of drug-likeness (QED) is 0.622. The second kappa shape index (κ2) is 6.99. The lowest BCUT2D eigenvalue weighted by atomic mass is 10.2. The van der Waals surface area contributed by atoms with E-state index in [4.69, 9.17) is 0 Å². The number of benzene rings is 2. The van der Waals surface area contributed by atoms with Crippen molar-refractivity contribution in [1.82, 2.24) is 0 Å². The van der Waals surface area contributed by atoms with E-state index in [0.717, 1.165) is 10.0 Å². The molecule has 2 aromatic rings. The third-order valence-electron chi connectivity index (χ3n) is 2.88. The van der Waals surface area contributed by atoms with Crippen molar-refractivity contribution < 1.29 is 27.1 Å². The predicted molar refractivity (Wildman–Crippen MR) is 79.3 cm³/mol. The SMILES string of the molecule is Cc1cc(Br)ccc1NC(=O)COc1c(F)c(F)cc(F)c1F. The Morgan fingerprint density at radius 2 is 1.74 bits per heavy atom. The van der Waals surface area contributed by atoms with Crippen molar-refractivity contribution in [3.05, 3.63) is 57.6 Å². The average molecular weight is 392 g/mol. The summed E-state index contributed by atoms with van der Waals surface area (Å²) in [6, 6.07) is 5.10. The predicted octanol–water partition coefficient (Wildman–Crippen LogP) is 4.33. The van der Waals surface area contributed by atoms with E-state index in [-0.39, 0.29) is 6.07 Å². The number of nitrogens with one attached hydrogen (secondary N) is 1. The molecule has 0 saturated heterocycles. The topological polar surface area (TPSA) is 38.3 Å². The molecule has 3 nitrogen and oxygen atoms in total. The summed E-state index contributed by atoms with van der Waals surface area (Å²) in [6.45, 7) is 0.925. The summed E-state index contributed by atoms with van der Waals surface area (Å²) in [4.78, 5) is 11.7. The molecule has 2 rings (SSSR count). The number of hydrogen-bond acceptors (Lipinski definition) is 2. The van der Waals surface area contributed by atoms with E-state index in [2.05, 4.69) is 26.0 Å². The minimum atomic E-state index is -1.70. The zero-order chi connectivity index (χ0) is 17.1. The second-order valence-corrected chi connectivity index (χ2v) is 5.51. The summed E-state index contributed by atoms with van der Waals surface area (Å²) in [5.41, 5.74) is 1.20. The molecule has 0 bridgehead atoms. The molecule has 0 radical (unpaired) electrons. The summed E-state index contributed by atoms with van der Waals surface area (Å²) in [5.74, 6) is -8.62. The Hall–Kier alpha value is -2.09. The molecule has 0 aliphatic rings. The highest BCUT2D eigenvalue weighted by Crippen LogP contribution is 2.26. The van der Waals surface area contributed by atoms with Crippen molar-refractivity contribution >= 4 is 27.5 Å². The molecule has 2 aromatic carbocycles. The first-order valence-electron chi connectivity index (χ1n) is 6.31. The zero-order valence-electron chi connectivity index (χ0n) is 11.7. The number of hydrogen-bond donors (Lipinski definition) is 1. The molecule has 0 atom stereocenters. The van der Waals surface area contributed by atoms with Gasteiger partial charge in [0.25, 0.3) is 5.91 Å². The van der Waals surface area contributed by atoms with Gasteiger partial charge in [-0.1, -0.05) is 15.9 Å². The molecule has 0 aliphatic carbocycles. The first kappa shape index (κ1) is 17.3. The van der Waals surface area contributed by atoms with Gasteiger partial charge in [-0.2, -0.15) is 8.78 Å². The van der Waals surface area contributed by atoms with Crippen LogP contribution in [0.2, 0.25) is 0 Å². The Kier molecular flexibility index (Phi) is 5.25. The molecule has 0 saturated carbocycles. The van der Waals surface area contributed by atoms with Crippen LogP contribution >= 0.6 is 15.9 Å². The number of anilines is 1. The van der Waals surface area contributed by atoms with Crippen LogP contribution < -0.4 is 10.1 Å². The van der Waals surface area contributed by atoms with E-state index >= 15 is 0 Å². The maximum atomic E-state index is 13.4. The third-order valence-corrected chi connectivity index (χ3v) is 3.37. The minimum absolute atomic E-state index is 0.0583. The normalized spacial score (nSPS) is 10.5. The maximum absolute atomic E-state index is 13.4. The molecular formula is C15H10BrF4NO2. The highest BCUT2D eigenvalue weighted by atomic mass is 79.9. The Labute approximate surface area is 137 Å². The molecule has 0 unspecified atom stereocenters. The lowest BCUT2D eigenvalue weighted by Crippen LogP contribution is -2.21. The lowest BCUT2D eigenvalue weighted by molar-refractivity contribution is -0.118. The van der Waals surface area contributed by atoms with Gasteiger partial charge in [0.05, 0.1) is 0 Å². The van der Waals surface area contributed by atoms with Gasteiger partial charge in [0.2, 0.25) is 11.6 Å². The van der Waals surface area contributed by atoms with Crippen molar-refractivity contribution in [2.45, 2.75) is 6.92 Å². The van der Waals surface area contributed by atoms with Crippen LogP contribution in [0.5, 0.6) is 5.75 Å². The van der Waals surface area contributed by atoms with Crippen LogP contribution in [0, 0.1) is 30.2 Å². The molecule has 0 heterocycles. The van der Waals surface area contributed by atoms with Crippen LogP contribution in [0.3, 0.4) is 0 Å². The number of halogens is 5. The molecule has 23 heavy (non-hydrogen) atoms. The van der Waals surface area contributed by atoms with E-state index in [1.54, 1.807) is 25.1 Å². The van der Waals surface area contributed by atoms with Gasteiger partial charge < -0.3 is 10.1 Å². The number of amides is 1. The number of rotatable bonds is 4. The van der Waals surface area contributed by atoms with Crippen molar-refractivity contribution in [3.8, 4) is 5.75 Å². The number of carbonyl (C=O) groups excluding carboxylic acids is 1. The Morgan fingerprint density at radius 1 is 1.13 bits per heavy atom. The summed E-state index contributed by atoms with van der Waals surface area (Å²) >= 11 is 3.26. The van der Waals surface area contributed by atoms with Gasteiger partial charge in [-0.3, -0.25) is 4.79 Å². The van der Waals surface area contributed by atoms with Gasteiger partial charge in [-0.15, -0.1) is 0 Å². The Bertz CT molecular complexity index is 741. The third kappa shape index (κ3) is 4.01. The van der Waals surface area contributed by atoms with Crippen LogP contribution in [-0.4, -0.2) is 12.5 Å². The van der Waals surface area contributed by atoms with Crippen LogP contribution in [-0.2, 0) is 4.79 Å². The zero-order valence-corrected chi connectivity index (χ0v) is 13.3. The van der Waals surface area contributed by atoms with Crippen molar-refractivity contribution in [2.75, 3.05) is 11.9 Å². The molecule has 1 N–H and O–H groups in total. The standard InChI is InChI=1S/C15H10BrF4NO2/c1-7-4-8(16)2-3-11(7)21-12(22)6-23-15-13(19)9(17)5-10(18)14(15)20/h2-5H,6H2,1H3,(H,21,22). The molecule has 0 aromatic heterocycles. The fourth-order valence-electron chi connectivity index (χ4n) is 1.77. The fraction of sp³-hybridized carbons (Fsp3) is 0.133. The second-order valence-electron chi connectivity index (χ2n) is 4.59. The molecule has 0 aliphatic heterocycles. The summed E-state index contributed by atoms with van der Waals surface area (Å²) in [7, 11) is 0. The van der Waals surface area contributed by atoms with Gasteiger partial charge in [-0.25, -0.2) is 8.78 Å². The highest BCUT2D eigenvalue weighted by Gasteiger charge is 2.21. The van der Waals surface area contributed by atoms with E-state index in [9.17, 15) is 22.4 Å². The summed E-state index contributed by atoms with van der Waals surface area (Å²) < 4.78 is 58.2. The Balaban J connectivity index is 2.08. The van der Waals surface area contributed by atoms with Crippen molar-refractivity contribution in [2.24, 2.45) is 0 Å². The van der Waals surface area contributed by atoms with E-state index < -0.39 is 41.5 Å². The van der Waals surface area contributed by atoms with E-state index in [1.165, 1.54) is 0 Å². The van der Waals surface area contributed by atoms with Crippen LogP contribution in [0.25, 0.3) is 0 Å². The first-order chi connectivity index (χ1) is 10.8. The monoisotopic (exact) mass is 391 g/mol. The van der Waals surface area contributed by atoms with E-state index in [0.29, 0.717) is 5.69 Å². The highest BCUT2D eigenvalue weighted by molar-refractivity contribution is 9.10. The summed E-state index contributed by atoms with van der Waals surface area (Å²) in [5, 5.41) is 2.46. The van der Waals surface area contributed by atoms with Gasteiger partial charge in [0.1, 0.15) is 0 Å². The Morgan fingerprint density at radius 3 is 2.30 bits per heavy atom. The smallest absolute Gasteiger partial charge is 0.262 e. The van der Waals surface area contributed by atoms with Gasteiger partial charge >= 0.3 is 0 Å². The fourth-order valence-corrected chi connectivity index (χ4v) is 2.24. The van der Waals surface area contributed by atoms with E-state index in [1.807, 2.05) is 0 Å². The van der Waals surface area contributed by atoms with Crippen molar-refractivity contribution in [1.29, 1.82) is 0 Å². The maximum Gasteiger partial charge on any atom is 0.262 e. The minimum Gasteiger partial charge on any atom is -0.477 e.